The van der Waals surface area contributed by atoms with E-state index in [0.717, 1.165) is 12.8 Å². The summed E-state index contributed by atoms with van der Waals surface area (Å²) in [6, 6.07) is -0.315. The Morgan fingerprint density at radius 3 is 2.60 bits per heavy atom. The molecule has 1 atom stereocenters. The van der Waals surface area contributed by atoms with Crippen LogP contribution in [-0.4, -0.2) is 18.5 Å². The second-order valence-electron chi connectivity index (χ2n) is 2.29. The van der Waals surface area contributed by atoms with E-state index in [2.05, 4.69) is 5.32 Å². The summed E-state index contributed by atoms with van der Waals surface area (Å²) < 4.78 is 0. The van der Waals surface area contributed by atoms with Gasteiger partial charge in [0.2, 0.25) is 5.91 Å². The maximum Gasteiger partial charge on any atom is 0.236 e. The molecule has 0 rings (SSSR count). The number of hydrogen-bond acceptors (Lipinski definition) is 2. The number of likely N-dealkylation sites (N-methyl/N-ethyl adjacent to an activating group) is 1. The van der Waals surface area contributed by atoms with E-state index in [-0.39, 0.29) is 11.9 Å². The van der Waals surface area contributed by atoms with Crippen LogP contribution in [0.4, 0.5) is 0 Å². The second-order valence-corrected chi connectivity index (χ2v) is 2.29. The van der Waals surface area contributed by atoms with E-state index < -0.39 is 0 Å². The highest BCUT2D eigenvalue weighted by atomic mass is 16.2. The van der Waals surface area contributed by atoms with Gasteiger partial charge in [0, 0.05) is 6.54 Å². The number of nitrogens with one attached hydrogen (secondary N) is 1. The summed E-state index contributed by atoms with van der Waals surface area (Å²) >= 11 is 0. The molecule has 0 aliphatic heterocycles. The van der Waals surface area contributed by atoms with Crippen LogP contribution in [0.1, 0.15) is 26.7 Å². The van der Waals surface area contributed by atoms with Crippen molar-refractivity contribution < 1.29 is 4.79 Å². The third-order valence-electron chi connectivity index (χ3n) is 1.29. The molecule has 0 spiro atoms. The van der Waals surface area contributed by atoms with Gasteiger partial charge in [0.25, 0.3) is 0 Å². The Hall–Kier alpha value is -0.570. The van der Waals surface area contributed by atoms with Crippen molar-refractivity contribution in [2.24, 2.45) is 5.73 Å². The molecule has 0 aliphatic carbocycles. The van der Waals surface area contributed by atoms with E-state index in [1.807, 2.05) is 13.8 Å². The summed E-state index contributed by atoms with van der Waals surface area (Å²) in [5.41, 5.74) is 5.50. The molecular formula is C7H16N2O. The normalized spacial score (nSPS) is 12.7. The van der Waals surface area contributed by atoms with Gasteiger partial charge in [-0.2, -0.15) is 0 Å². The first-order valence-corrected chi connectivity index (χ1v) is 3.75. The fourth-order valence-electron chi connectivity index (χ4n) is 0.747. The maximum atomic E-state index is 10.9. The predicted octanol–water partition coefficient (Wildman–Crippen LogP) is 0.250. The molecule has 0 radical (unpaired) electrons. The van der Waals surface area contributed by atoms with Gasteiger partial charge in [0.15, 0.2) is 0 Å². The van der Waals surface area contributed by atoms with Gasteiger partial charge in [-0.1, -0.05) is 13.3 Å². The lowest BCUT2D eigenvalue weighted by Crippen LogP contribution is -2.40. The molecule has 3 N–H and O–H groups in total. The van der Waals surface area contributed by atoms with Crippen molar-refractivity contribution in [1.29, 1.82) is 0 Å². The number of carbonyl (C=O) groups excluding carboxylic acids is 1. The van der Waals surface area contributed by atoms with Crippen LogP contribution < -0.4 is 11.1 Å². The minimum atomic E-state index is -0.315. The first kappa shape index (κ1) is 9.43. The van der Waals surface area contributed by atoms with Crippen molar-refractivity contribution in [2.75, 3.05) is 6.54 Å². The second kappa shape index (κ2) is 5.23. The molecule has 0 aromatic heterocycles. The Labute approximate surface area is 62.0 Å². The van der Waals surface area contributed by atoms with Crippen LogP contribution in [0.5, 0.6) is 0 Å². The Kier molecular flexibility index (Phi) is 4.94. The van der Waals surface area contributed by atoms with Crippen LogP contribution in [0.15, 0.2) is 0 Å². The molecule has 10 heavy (non-hydrogen) atoms. The number of rotatable bonds is 4. The highest BCUT2D eigenvalue weighted by molar-refractivity contribution is 5.81. The van der Waals surface area contributed by atoms with Gasteiger partial charge >= 0.3 is 0 Å². The smallest absolute Gasteiger partial charge is 0.236 e. The topological polar surface area (TPSA) is 55.1 Å². The molecule has 0 aliphatic rings. The third kappa shape index (κ3) is 3.45. The Balaban J connectivity index is 3.49. The van der Waals surface area contributed by atoms with Crippen molar-refractivity contribution >= 4 is 5.91 Å². The zero-order chi connectivity index (χ0) is 7.98. The summed E-state index contributed by atoms with van der Waals surface area (Å²) in [5, 5.41) is 2.67. The molecule has 0 saturated heterocycles. The molecule has 1 amide bonds. The van der Waals surface area contributed by atoms with Gasteiger partial charge in [-0.05, 0) is 13.3 Å². The quantitative estimate of drug-likeness (QED) is 0.594. The maximum absolute atomic E-state index is 10.9. The van der Waals surface area contributed by atoms with Crippen molar-refractivity contribution in [3.63, 3.8) is 0 Å². The van der Waals surface area contributed by atoms with Gasteiger partial charge in [-0.25, -0.2) is 0 Å². The van der Waals surface area contributed by atoms with Gasteiger partial charge in [0.1, 0.15) is 0 Å². The summed E-state index contributed by atoms with van der Waals surface area (Å²) in [5.74, 6) is -0.0376. The number of hydrogen-bond donors (Lipinski definition) is 2. The van der Waals surface area contributed by atoms with Crippen molar-refractivity contribution in [3.05, 3.63) is 0 Å². The van der Waals surface area contributed by atoms with Crippen LogP contribution in [0.2, 0.25) is 0 Å². The van der Waals surface area contributed by atoms with E-state index >= 15 is 0 Å². The van der Waals surface area contributed by atoms with Crippen molar-refractivity contribution in [2.45, 2.75) is 32.7 Å². The lowest BCUT2D eigenvalue weighted by Gasteiger charge is -2.08. The van der Waals surface area contributed by atoms with E-state index in [4.69, 9.17) is 5.73 Å². The largest absolute Gasteiger partial charge is 0.355 e. The zero-order valence-corrected chi connectivity index (χ0v) is 6.68. The molecular weight excluding hydrogens is 128 g/mol. The van der Waals surface area contributed by atoms with Crippen LogP contribution >= 0.6 is 0 Å². The molecule has 3 heteroatoms. The van der Waals surface area contributed by atoms with E-state index in [9.17, 15) is 4.79 Å². The van der Waals surface area contributed by atoms with E-state index in [1.165, 1.54) is 0 Å². The molecule has 0 saturated carbocycles. The van der Waals surface area contributed by atoms with Crippen molar-refractivity contribution in [3.8, 4) is 0 Å². The van der Waals surface area contributed by atoms with Crippen LogP contribution in [0.3, 0.4) is 0 Å². The fourth-order valence-corrected chi connectivity index (χ4v) is 0.747. The lowest BCUT2D eigenvalue weighted by atomic mass is 10.2. The fraction of sp³-hybridized carbons (Fsp3) is 0.857. The minimum absolute atomic E-state index is 0.0376. The molecule has 0 fully saturated rings. The van der Waals surface area contributed by atoms with E-state index in [0.29, 0.717) is 6.54 Å². The third-order valence-corrected chi connectivity index (χ3v) is 1.29. The molecule has 0 aromatic rings. The highest BCUT2D eigenvalue weighted by Crippen LogP contribution is 1.91. The molecule has 0 aromatic carbocycles. The molecule has 0 bridgehead atoms. The Morgan fingerprint density at radius 1 is 1.60 bits per heavy atom. The average molecular weight is 144 g/mol. The summed E-state index contributed by atoms with van der Waals surface area (Å²) in [7, 11) is 0. The first-order chi connectivity index (χ1) is 4.72. The van der Waals surface area contributed by atoms with Gasteiger partial charge in [-0.15, -0.1) is 0 Å². The van der Waals surface area contributed by atoms with Gasteiger partial charge < -0.3 is 11.1 Å². The highest BCUT2D eigenvalue weighted by Gasteiger charge is 2.09. The van der Waals surface area contributed by atoms with Crippen LogP contribution in [-0.2, 0) is 4.79 Å². The zero-order valence-electron chi connectivity index (χ0n) is 6.68. The van der Waals surface area contributed by atoms with Crippen LogP contribution in [0, 0.1) is 0 Å². The average Bonchev–Trinajstić information content (AvgIpc) is 1.89. The summed E-state index contributed by atoms with van der Waals surface area (Å²) in [4.78, 5) is 10.9. The van der Waals surface area contributed by atoms with Crippen LogP contribution in [0.25, 0.3) is 0 Å². The first-order valence-electron chi connectivity index (χ1n) is 3.75. The Morgan fingerprint density at radius 2 is 2.20 bits per heavy atom. The predicted molar refractivity (Wildman–Crippen MR) is 41.6 cm³/mol. The number of carbonyl (C=O) groups is 1. The van der Waals surface area contributed by atoms with E-state index in [1.54, 1.807) is 0 Å². The number of amides is 1. The molecule has 60 valence electrons. The van der Waals surface area contributed by atoms with Gasteiger partial charge in [0.05, 0.1) is 6.04 Å². The summed E-state index contributed by atoms with van der Waals surface area (Å²) in [6.45, 7) is 4.56. The number of nitrogens with two attached hydrogens (primary N) is 1. The summed E-state index contributed by atoms with van der Waals surface area (Å²) in [6.07, 6.45) is 1.73. The minimum Gasteiger partial charge on any atom is -0.355 e. The molecule has 3 nitrogen and oxygen atoms in total. The molecule has 0 heterocycles. The van der Waals surface area contributed by atoms with Gasteiger partial charge in [-0.3, -0.25) is 4.79 Å². The Bertz CT molecular complexity index is 104. The van der Waals surface area contributed by atoms with Crippen molar-refractivity contribution in [1.82, 2.24) is 5.32 Å². The SMILES string of the molecule is CCCC(N)C(=O)NCC. The monoisotopic (exact) mass is 144 g/mol. The standard InChI is InChI=1S/C7H16N2O/c1-3-5-6(8)7(10)9-4-2/h6H,3-5,8H2,1-2H3,(H,9,10). The lowest BCUT2D eigenvalue weighted by molar-refractivity contribution is -0.122. The molecule has 1 unspecified atom stereocenters.